The van der Waals surface area contributed by atoms with E-state index in [-0.39, 0.29) is 0 Å². The number of hydrogen-bond acceptors (Lipinski definition) is 2. The van der Waals surface area contributed by atoms with E-state index in [1.165, 1.54) is 6.08 Å². The zero-order valence-corrected chi connectivity index (χ0v) is 11.4. The van der Waals surface area contributed by atoms with Gasteiger partial charge in [0.2, 0.25) is 5.91 Å². The van der Waals surface area contributed by atoms with E-state index in [1.807, 2.05) is 24.4 Å². The standard InChI is InChI=1S/C15H18N2O2/c1-10(2)17-9-11(4-7-15(16)18)13-8-12(19-3)5-6-14(13)17/h4-10H,1-3H3,(H2,16,18)/b7-4+. The number of ether oxygens (including phenoxy) is 1. The summed E-state index contributed by atoms with van der Waals surface area (Å²) in [5.41, 5.74) is 7.22. The number of fused-ring (bicyclic) bond motifs is 1. The minimum absolute atomic E-state index is 0.339. The fourth-order valence-electron chi connectivity index (χ4n) is 2.12. The molecule has 0 saturated carbocycles. The second-order valence-electron chi connectivity index (χ2n) is 4.70. The summed E-state index contributed by atoms with van der Waals surface area (Å²) in [4.78, 5) is 10.9. The second kappa shape index (κ2) is 5.18. The largest absolute Gasteiger partial charge is 0.497 e. The second-order valence-corrected chi connectivity index (χ2v) is 4.70. The van der Waals surface area contributed by atoms with Crippen LogP contribution in [0.3, 0.4) is 0 Å². The van der Waals surface area contributed by atoms with Crippen molar-refractivity contribution < 1.29 is 9.53 Å². The SMILES string of the molecule is COc1ccc2c(c1)c(/C=C/C(N)=O)cn2C(C)C. The number of primary amides is 1. The van der Waals surface area contributed by atoms with Crippen molar-refractivity contribution in [2.24, 2.45) is 5.73 Å². The molecule has 0 atom stereocenters. The van der Waals surface area contributed by atoms with Crippen LogP contribution in [0.25, 0.3) is 17.0 Å². The van der Waals surface area contributed by atoms with Gasteiger partial charge >= 0.3 is 0 Å². The number of amides is 1. The quantitative estimate of drug-likeness (QED) is 0.857. The fraction of sp³-hybridized carbons (Fsp3) is 0.267. The lowest BCUT2D eigenvalue weighted by molar-refractivity contribution is -0.113. The first kappa shape index (κ1) is 13.2. The van der Waals surface area contributed by atoms with Crippen molar-refractivity contribution in [1.29, 1.82) is 0 Å². The molecular weight excluding hydrogens is 240 g/mol. The maximum absolute atomic E-state index is 10.9. The van der Waals surface area contributed by atoms with Crippen LogP contribution in [0.4, 0.5) is 0 Å². The van der Waals surface area contributed by atoms with Gasteiger partial charge in [-0.3, -0.25) is 4.79 Å². The molecule has 0 bridgehead atoms. The Labute approximate surface area is 112 Å². The van der Waals surface area contributed by atoms with Crippen LogP contribution in [-0.2, 0) is 4.79 Å². The number of carbonyl (C=O) groups excluding carboxylic acids is 1. The summed E-state index contributed by atoms with van der Waals surface area (Å²) >= 11 is 0. The molecular formula is C15H18N2O2. The van der Waals surface area contributed by atoms with Gasteiger partial charge < -0.3 is 15.0 Å². The first-order chi connectivity index (χ1) is 9.02. The molecule has 4 nitrogen and oxygen atoms in total. The van der Waals surface area contributed by atoms with Crippen LogP contribution in [0, 0.1) is 0 Å². The highest BCUT2D eigenvalue weighted by molar-refractivity contribution is 5.96. The third kappa shape index (κ3) is 2.62. The molecule has 2 rings (SSSR count). The van der Waals surface area contributed by atoms with Gasteiger partial charge in [0.15, 0.2) is 0 Å². The summed E-state index contributed by atoms with van der Waals surface area (Å²) in [6.07, 6.45) is 5.14. The zero-order chi connectivity index (χ0) is 14.0. The maximum atomic E-state index is 10.9. The molecule has 0 saturated heterocycles. The normalized spacial score (nSPS) is 11.6. The molecule has 0 spiro atoms. The maximum Gasteiger partial charge on any atom is 0.241 e. The van der Waals surface area contributed by atoms with E-state index >= 15 is 0 Å². The van der Waals surface area contributed by atoms with Crippen LogP contribution < -0.4 is 10.5 Å². The van der Waals surface area contributed by atoms with Crippen molar-refractivity contribution in [3.8, 4) is 5.75 Å². The Bertz CT molecular complexity index is 639. The predicted octanol–water partition coefficient (Wildman–Crippen LogP) is 2.73. The Morgan fingerprint density at radius 1 is 1.42 bits per heavy atom. The van der Waals surface area contributed by atoms with E-state index in [9.17, 15) is 4.79 Å². The van der Waals surface area contributed by atoms with Crippen molar-refractivity contribution in [3.05, 3.63) is 36.0 Å². The summed E-state index contributed by atoms with van der Waals surface area (Å²) in [5, 5.41) is 1.05. The molecule has 2 N–H and O–H groups in total. The van der Waals surface area contributed by atoms with Crippen molar-refractivity contribution in [1.82, 2.24) is 4.57 Å². The monoisotopic (exact) mass is 258 g/mol. The van der Waals surface area contributed by atoms with Crippen molar-refractivity contribution in [2.45, 2.75) is 19.9 Å². The van der Waals surface area contributed by atoms with Crippen molar-refractivity contribution in [3.63, 3.8) is 0 Å². The third-order valence-electron chi connectivity index (χ3n) is 3.05. The minimum atomic E-state index is -0.451. The lowest BCUT2D eigenvalue weighted by atomic mass is 10.1. The van der Waals surface area contributed by atoms with E-state index < -0.39 is 5.91 Å². The van der Waals surface area contributed by atoms with Crippen LogP contribution in [-0.4, -0.2) is 17.6 Å². The lowest BCUT2D eigenvalue weighted by Crippen LogP contribution is -2.05. The number of carbonyl (C=O) groups is 1. The molecule has 2 aromatic rings. The van der Waals surface area contributed by atoms with E-state index in [4.69, 9.17) is 10.5 Å². The summed E-state index contributed by atoms with van der Waals surface area (Å²) < 4.78 is 7.41. The van der Waals surface area contributed by atoms with E-state index in [0.29, 0.717) is 6.04 Å². The number of aromatic nitrogens is 1. The van der Waals surface area contributed by atoms with Crippen LogP contribution in [0.2, 0.25) is 0 Å². The van der Waals surface area contributed by atoms with Crippen molar-refractivity contribution in [2.75, 3.05) is 7.11 Å². The number of rotatable bonds is 4. The van der Waals surface area contributed by atoms with Crippen molar-refractivity contribution >= 4 is 22.9 Å². The van der Waals surface area contributed by atoms with Crippen LogP contribution in [0.5, 0.6) is 5.75 Å². The first-order valence-corrected chi connectivity index (χ1v) is 6.19. The molecule has 100 valence electrons. The summed E-state index contributed by atoms with van der Waals surface area (Å²) in [6.45, 7) is 4.23. The zero-order valence-electron chi connectivity index (χ0n) is 11.4. The van der Waals surface area contributed by atoms with Gasteiger partial charge in [-0.25, -0.2) is 0 Å². The molecule has 4 heteroatoms. The molecule has 0 aliphatic carbocycles. The first-order valence-electron chi connectivity index (χ1n) is 6.19. The highest BCUT2D eigenvalue weighted by Crippen LogP contribution is 2.29. The van der Waals surface area contributed by atoms with Gasteiger partial charge in [-0.2, -0.15) is 0 Å². The molecule has 0 unspecified atom stereocenters. The third-order valence-corrected chi connectivity index (χ3v) is 3.05. The summed E-state index contributed by atoms with van der Waals surface area (Å²) in [6, 6.07) is 6.26. The molecule has 1 amide bonds. The van der Waals surface area contributed by atoms with E-state index in [2.05, 4.69) is 18.4 Å². The number of methoxy groups -OCH3 is 1. The van der Waals surface area contributed by atoms with Gasteiger partial charge in [0.1, 0.15) is 5.75 Å². The molecule has 1 aromatic carbocycles. The average molecular weight is 258 g/mol. The Hall–Kier alpha value is -2.23. The average Bonchev–Trinajstić information content (AvgIpc) is 2.74. The Morgan fingerprint density at radius 2 is 2.16 bits per heavy atom. The highest BCUT2D eigenvalue weighted by Gasteiger charge is 2.10. The summed E-state index contributed by atoms with van der Waals surface area (Å²) in [7, 11) is 1.64. The Kier molecular flexibility index (Phi) is 3.60. The lowest BCUT2D eigenvalue weighted by Gasteiger charge is -2.09. The summed E-state index contributed by atoms with van der Waals surface area (Å²) in [5.74, 6) is 0.344. The van der Waals surface area contributed by atoms with Gasteiger partial charge in [-0.15, -0.1) is 0 Å². The fourth-order valence-corrected chi connectivity index (χ4v) is 2.12. The van der Waals surface area contributed by atoms with Crippen LogP contribution >= 0.6 is 0 Å². The molecule has 0 fully saturated rings. The van der Waals surface area contributed by atoms with Gasteiger partial charge in [0, 0.05) is 34.8 Å². The van der Waals surface area contributed by atoms with E-state index in [0.717, 1.165) is 22.2 Å². The van der Waals surface area contributed by atoms with Gasteiger partial charge in [0.25, 0.3) is 0 Å². The highest BCUT2D eigenvalue weighted by atomic mass is 16.5. The topological polar surface area (TPSA) is 57.2 Å². The number of hydrogen-bond donors (Lipinski definition) is 1. The Balaban J connectivity index is 2.64. The Morgan fingerprint density at radius 3 is 2.74 bits per heavy atom. The molecule has 0 aliphatic heterocycles. The molecule has 1 heterocycles. The predicted molar refractivity (Wildman–Crippen MR) is 77.1 cm³/mol. The molecule has 0 radical (unpaired) electrons. The molecule has 0 aliphatic rings. The van der Waals surface area contributed by atoms with Gasteiger partial charge in [0.05, 0.1) is 7.11 Å². The van der Waals surface area contributed by atoms with E-state index in [1.54, 1.807) is 13.2 Å². The number of benzene rings is 1. The smallest absolute Gasteiger partial charge is 0.241 e. The molecule has 1 aromatic heterocycles. The van der Waals surface area contributed by atoms with Crippen LogP contribution in [0.1, 0.15) is 25.5 Å². The number of nitrogens with two attached hydrogens (primary N) is 1. The van der Waals surface area contributed by atoms with Crippen LogP contribution in [0.15, 0.2) is 30.5 Å². The minimum Gasteiger partial charge on any atom is -0.497 e. The number of nitrogens with zero attached hydrogens (tertiary/aromatic N) is 1. The molecule has 19 heavy (non-hydrogen) atoms. The van der Waals surface area contributed by atoms with Gasteiger partial charge in [-0.1, -0.05) is 0 Å². The van der Waals surface area contributed by atoms with Gasteiger partial charge in [-0.05, 0) is 38.1 Å².